The van der Waals surface area contributed by atoms with E-state index in [4.69, 9.17) is 21.3 Å². The van der Waals surface area contributed by atoms with Gasteiger partial charge in [0.25, 0.3) is 0 Å². The van der Waals surface area contributed by atoms with Gasteiger partial charge in [-0.1, -0.05) is 13.8 Å². The van der Waals surface area contributed by atoms with E-state index < -0.39 is 0 Å². The molecule has 0 saturated heterocycles. The van der Waals surface area contributed by atoms with Gasteiger partial charge in [-0.2, -0.15) is 4.98 Å². The number of halogens is 1. The smallest absolute Gasteiger partial charge is 0.215 e. The first-order valence-electron chi connectivity index (χ1n) is 7.52. The number of alkyl halides is 1. The molecule has 0 spiro atoms. The summed E-state index contributed by atoms with van der Waals surface area (Å²) in [5, 5.41) is 0. The first-order valence-corrected chi connectivity index (χ1v) is 8.05. The molecule has 4 nitrogen and oxygen atoms in total. The molecule has 0 amide bonds. The first-order chi connectivity index (χ1) is 10.0. The maximum absolute atomic E-state index is 5.96. The third-order valence-electron chi connectivity index (χ3n) is 4.42. The highest BCUT2D eigenvalue weighted by molar-refractivity contribution is 6.17. The Bertz CT molecular complexity index is 650. The van der Waals surface area contributed by atoms with Crippen LogP contribution in [0.1, 0.15) is 45.0 Å². The minimum atomic E-state index is 0.387. The second kappa shape index (κ2) is 5.48. The Kier molecular flexibility index (Phi) is 3.82. The SMILES string of the molecule is COc1ccc2nc(CCCl)n(C3CCC(C)(C)C3)c2n1. The highest BCUT2D eigenvalue weighted by Crippen LogP contribution is 2.44. The summed E-state index contributed by atoms with van der Waals surface area (Å²) in [5.41, 5.74) is 2.25. The van der Waals surface area contributed by atoms with Crippen LogP contribution in [0.5, 0.6) is 5.88 Å². The van der Waals surface area contributed by atoms with Gasteiger partial charge in [-0.15, -0.1) is 11.6 Å². The Hall–Kier alpha value is -1.29. The molecular weight excluding hydrogens is 286 g/mol. The lowest BCUT2D eigenvalue weighted by Crippen LogP contribution is -2.13. The maximum Gasteiger partial charge on any atom is 0.215 e. The third kappa shape index (κ3) is 2.73. The number of imidazole rings is 1. The fourth-order valence-corrected chi connectivity index (χ4v) is 3.55. The molecule has 0 aromatic carbocycles. The van der Waals surface area contributed by atoms with Crippen LogP contribution < -0.4 is 4.74 Å². The van der Waals surface area contributed by atoms with Crippen molar-refractivity contribution in [2.75, 3.05) is 13.0 Å². The molecule has 0 N–H and O–H groups in total. The quantitative estimate of drug-likeness (QED) is 0.802. The average Bonchev–Trinajstić information content (AvgIpc) is 2.97. The van der Waals surface area contributed by atoms with Crippen LogP contribution in [0.4, 0.5) is 0 Å². The zero-order valence-corrected chi connectivity index (χ0v) is 13.7. The number of aryl methyl sites for hydroxylation is 1. The van der Waals surface area contributed by atoms with Crippen molar-refractivity contribution >= 4 is 22.8 Å². The summed E-state index contributed by atoms with van der Waals surface area (Å²) in [5.74, 6) is 2.26. The molecule has 3 rings (SSSR count). The predicted molar refractivity (Wildman–Crippen MR) is 85.2 cm³/mol. The molecule has 114 valence electrons. The van der Waals surface area contributed by atoms with Crippen molar-refractivity contribution in [3.8, 4) is 5.88 Å². The van der Waals surface area contributed by atoms with Gasteiger partial charge < -0.3 is 9.30 Å². The summed E-state index contributed by atoms with van der Waals surface area (Å²) >= 11 is 5.96. The molecule has 1 aliphatic carbocycles. The number of hydrogen-bond acceptors (Lipinski definition) is 3. The first kappa shape index (κ1) is 14.6. The maximum atomic E-state index is 5.96. The number of nitrogens with zero attached hydrogens (tertiary/aromatic N) is 3. The fourth-order valence-electron chi connectivity index (χ4n) is 3.38. The van der Waals surface area contributed by atoms with Gasteiger partial charge in [0.15, 0.2) is 5.65 Å². The van der Waals surface area contributed by atoms with Gasteiger partial charge in [-0.25, -0.2) is 4.98 Å². The zero-order valence-electron chi connectivity index (χ0n) is 12.9. The molecule has 2 aromatic heterocycles. The van der Waals surface area contributed by atoms with Crippen LogP contribution in [0, 0.1) is 5.41 Å². The summed E-state index contributed by atoms with van der Waals surface area (Å²) in [6, 6.07) is 4.31. The largest absolute Gasteiger partial charge is 0.481 e. The predicted octanol–water partition coefficient (Wildman–Crippen LogP) is 3.97. The Morgan fingerprint density at radius 3 is 2.81 bits per heavy atom. The Morgan fingerprint density at radius 1 is 1.38 bits per heavy atom. The molecule has 1 unspecified atom stereocenters. The van der Waals surface area contributed by atoms with E-state index in [0.717, 1.165) is 29.8 Å². The molecule has 1 fully saturated rings. The van der Waals surface area contributed by atoms with Crippen LogP contribution in [-0.4, -0.2) is 27.5 Å². The van der Waals surface area contributed by atoms with Crippen LogP contribution >= 0.6 is 11.6 Å². The molecule has 0 radical (unpaired) electrons. The highest BCUT2D eigenvalue weighted by atomic mass is 35.5. The molecule has 1 saturated carbocycles. The van der Waals surface area contributed by atoms with E-state index in [-0.39, 0.29) is 0 Å². The number of methoxy groups -OCH3 is 1. The van der Waals surface area contributed by atoms with Crippen LogP contribution in [0.3, 0.4) is 0 Å². The zero-order chi connectivity index (χ0) is 15.0. The molecule has 0 aliphatic heterocycles. The molecule has 5 heteroatoms. The van der Waals surface area contributed by atoms with Gasteiger partial charge in [-0.3, -0.25) is 0 Å². The summed E-state index contributed by atoms with van der Waals surface area (Å²) in [6.07, 6.45) is 4.35. The second-order valence-electron chi connectivity index (χ2n) is 6.59. The van der Waals surface area contributed by atoms with Crippen molar-refractivity contribution in [1.82, 2.24) is 14.5 Å². The monoisotopic (exact) mass is 307 g/mol. The molecule has 1 atom stereocenters. The van der Waals surface area contributed by atoms with E-state index in [0.29, 0.717) is 23.2 Å². The van der Waals surface area contributed by atoms with Gasteiger partial charge in [0.2, 0.25) is 5.88 Å². The van der Waals surface area contributed by atoms with E-state index in [1.807, 2.05) is 12.1 Å². The Morgan fingerprint density at radius 2 is 2.19 bits per heavy atom. The van der Waals surface area contributed by atoms with Crippen LogP contribution in [-0.2, 0) is 6.42 Å². The van der Waals surface area contributed by atoms with Crippen molar-refractivity contribution in [1.29, 1.82) is 0 Å². The second-order valence-corrected chi connectivity index (χ2v) is 6.97. The molecule has 1 aliphatic rings. The van der Waals surface area contributed by atoms with Crippen LogP contribution in [0.25, 0.3) is 11.2 Å². The van der Waals surface area contributed by atoms with Crippen LogP contribution in [0.15, 0.2) is 12.1 Å². The Balaban J connectivity index is 2.10. The summed E-state index contributed by atoms with van der Waals surface area (Å²) in [7, 11) is 1.65. The lowest BCUT2D eigenvalue weighted by Gasteiger charge is -2.19. The van der Waals surface area contributed by atoms with Crippen molar-refractivity contribution in [2.45, 2.75) is 45.6 Å². The number of aromatic nitrogens is 3. The topological polar surface area (TPSA) is 39.9 Å². The van der Waals surface area contributed by atoms with Crippen molar-refractivity contribution in [3.05, 3.63) is 18.0 Å². The molecule has 2 aromatic rings. The van der Waals surface area contributed by atoms with Gasteiger partial charge in [0.05, 0.1) is 7.11 Å². The molecular formula is C16H22ClN3O. The van der Waals surface area contributed by atoms with Gasteiger partial charge in [0.1, 0.15) is 11.3 Å². The Labute approximate surface area is 130 Å². The van der Waals surface area contributed by atoms with E-state index in [1.54, 1.807) is 7.11 Å². The van der Waals surface area contributed by atoms with Gasteiger partial charge in [0, 0.05) is 24.4 Å². The normalized spacial score (nSPS) is 21.0. The van der Waals surface area contributed by atoms with Crippen molar-refractivity contribution < 1.29 is 4.74 Å². The van der Waals surface area contributed by atoms with Crippen molar-refractivity contribution in [2.24, 2.45) is 5.41 Å². The molecule has 21 heavy (non-hydrogen) atoms. The van der Waals surface area contributed by atoms with Crippen LogP contribution in [0.2, 0.25) is 0 Å². The third-order valence-corrected chi connectivity index (χ3v) is 4.61. The number of ether oxygens (including phenoxy) is 1. The standard InChI is InChI=1S/C16H22ClN3O/c1-16(2)8-6-11(10-16)20-13(7-9-17)18-12-4-5-14(21-3)19-15(12)20/h4-5,11H,6-10H2,1-3H3. The number of fused-ring (bicyclic) bond motifs is 1. The fraction of sp³-hybridized carbons (Fsp3) is 0.625. The molecule has 2 heterocycles. The van der Waals surface area contributed by atoms with E-state index in [1.165, 1.54) is 12.8 Å². The van der Waals surface area contributed by atoms with E-state index in [9.17, 15) is 0 Å². The summed E-state index contributed by atoms with van der Waals surface area (Å²) in [6.45, 7) is 4.67. The number of pyridine rings is 1. The average molecular weight is 308 g/mol. The van der Waals surface area contributed by atoms with Gasteiger partial charge in [-0.05, 0) is 30.7 Å². The van der Waals surface area contributed by atoms with E-state index in [2.05, 4.69) is 23.4 Å². The van der Waals surface area contributed by atoms with Gasteiger partial charge >= 0.3 is 0 Å². The summed E-state index contributed by atoms with van der Waals surface area (Å²) in [4.78, 5) is 9.35. The minimum absolute atomic E-state index is 0.387. The van der Waals surface area contributed by atoms with Crippen molar-refractivity contribution in [3.63, 3.8) is 0 Å². The molecule has 0 bridgehead atoms. The lowest BCUT2D eigenvalue weighted by molar-refractivity contribution is 0.357. The minimum Gasteiger partial charge on any atom is -0.481 e. The lowest BCUT2D eigenvalue weighted by atomic mass is 9.92. The number of hydrogen-bond donors (Lipinski definition) is 0. The highest BCUT2D eigenvalue weighted by Gasteiger charge is 2.34. The number of rotatable bonds is 4. The summed E-state index contributed by atoms with van der Waals surface area (Å²) < 4.78 is 7.57. The van der Waals surface area contributed by atoms with E-state index >= 15 is 0 Å².